The molecule has 5 aromatic rings. The molecule has 9 heteroatoms. The standard InChI is InChI=1S/C28H22ClN3O4S/c1-15-4-5-17(12-16(15)2)22-10-11-25(35-22)26(33)32-28(37)30-19-7-9-24-21(14-19)31-27(36-24)18-6-8-23(34-3)20(29)13-18/h4-14H,1-3H3,(H2,30,32,33,37). The van der Waals surface area contributed by atoms with Gasteiger partial charge in [0.1, 0.15) is 17.0 Å². The molecule has 0 spiro atoms. The number of benzene rings is 3. The van der Waals surface area contributed by atoms with E-state index in [0.29, 0.717) is 39.2 Å². The molecule has 2 aromatic heterocycles. The Hall–Kier alpha value is -4.14. The second kappa shape index (κ2) is 10.1. The number of oxazole rings is 1. The monoisotopic (exact) mass is 531 g/mol. The molecule has 0 saturated heterocycles. The largest absolute Gasteiger partial charge is 0.495 e. The molecule has 0 aliphatic rings. The number of ether oxygens (including phenoxy) is 1. The number of halogens is 1. The minimum absolute atomic E-state index is 0.124. The van der Waals surface area contributed by atoms with Crippen LogP contribution in [0, 0.1) is 13.8 Å². The van der Waals surface area contributed by atoms with Gasteiger partial charge in [-0.15, -0.1) is 0 Å². The minimum atomic E-state index is -0.450. The van der Waals surface area contributed by atoms with Gasteiger partial charge in [0, 0.05) is 16.8 Å². The van der Waals surface area contributed by atoms with Crippen LogP contribution in [0.15, 0.2) is 75.6 Å². The second-order valence-electron chi connectivity index (χ2n) is 8.42. The smallest absolute Gasteiger partial charge is 0.293 e. The van der Waals surface area contributed by atoms with Crippen molar-refractivity contribution in [2.45, 2.75) is 13.8 Å². The van der Waals surface area contributed by atoms with Gasteiger partial charge in [-0.1, -0.05) is 23.7 Å². The van der Waals surface area contributed by atoms with Gasteiger partial charge in [-0.05, 0) is 91.8 Å². The maximum absolute atomic E-state index is 12.7. The molecule has 186 valence electrons. The first-order chi connectivity index (χ1) is 17.8. The maximum Gasteiger partial charge on any atom is 0.293 e. The van der Waals surface area contributed by atoms with Crippen LogP contribution >= 0.6 is 23.8 Å². The van der Waals surface area contributed by atoms with Gasteiger partial charge in [-0.3, -0.25) is 10.1 Å². The van der Waals surface area contributed by atoms with Crippen LogP contribution in [0.5, 0.6) is 5.75 Å². The summed E-state index contributed by atoms with van der Waals surface area (Å²) in [6.45, 7) is 4.08. The van der Waals surface area contributed by atoms with Crippen molar-refractivity contribution < 1.29 is 18.4 Å². The van der Waals surface area contributed by atoms with E-state index in [-0.39, 0.29) is 10.9 Å². The quantitative estimate of drug-likeness (QED) is 0.232. The normalized spacial score (nSPS) is 10.9. The van der Waals surface area contributed by atoms with Crippen LogP contribution in [0.1, 0.15) is 21.7 Å². The highest BCUT2D eigenvalue weighted by Crippen LogP contribution is 2.32. The molecular weight excluding hydrogens is 510 g/mol. The number of hydrogen-bond donors (Lipinski definition) is 2. The molecule has 37 heavy (non-hydrogen) atoms. The molecule has 1 amide bonds. The third kappa shape index (κ3) is 5.21. The number of hydrogen-bond acceptors (Lipinski definition) is 6. The number of thiocarbonyl (C=S) groups is 1. The number of carbonyl (C=O) groups is 1. The van der Waals surface area contributed by atoms with Crippen molar-refractivity contribution in [3.05, 3.63) is 88.6 Å². The van der Waals surface area contributed by atoms with E-state index >= 15 is 0 Å². The lowest BCUT2D eigenvalue weighted by Crippen LogP contribution is -2.33. The molecule has 2 N–H and O–H groups in total. The summed E-state index contributed by atoms with van der Waals surface area (Å²) in [7, 11) is 1.56. The summed E-state index contributed by atoms with van der Waals surface area (Å²) in [5, 5.41) is 6.23. The first-order valence-corrected chi connectivity index (χ1v) is 12.1. The van der Waals surface area contributed by atoms with E-state index in [1.54, 1.807) is 49.6 Å². The lowest BCUT2D eigenvalue weighted by molar-refractivity contribution is 0.0951. The lowest BCUT2D eigenvalue weighted by Gasteiger charge is -2.08. The summed E-state index contributed by atoms with van der Waals surface area (Å²) in [5.41, 5.74) is 5.81. The minimum Gasteiger partial charge on any atom is -0.495 e. The summed E-state index contributed by atoms with van der Waals surface area (Å²) >= 11 is 11.6. The van der Waals surface area contributed by atoms with Crippen molar-refractivity contribution in [3.8, 4) is 28.5 Å². The van der Waals surface area contributed by atoms with Crippen LogP contribution in [-0.4, -0.2) is 23.1 Å². The van der Waals surface area contributed by atoms with Crippen molar-refractivity contribution in [3.63, 3.8) is 0 Å². The summed E-state index contributed by atoms with van der Waals surface area (Å²) in [5.74, 6) is 1.31. The van der Waals surface area contributed by atoms with Crippen molar-refractivity contribution in [1.82, 2.24) is 10.3 Å². The van der Waals surface area contributed by atoms with Crippen molar-refractivity contribution in [2.24, 2.45) is 0 Å². The number of furan rings is 1. The number of methoxy groups -OCH3 is 1. The predicted molar refractivity (Wildman–Crippen MR) is 148 cm³/mol. The Labute approximate surface area is 223 Å². The maximum atomic E-state index is 12.7. The number of aryl methyl sites for hydroxylation is 2. The molecule has 5 rings (SSSR count). The van der Waals surface area contributed by atoms with E-state index < -0.39 is 5.91 Å². The number of nitrogens with zero attached hydrogens (tertiary/aromatic N) is 1. The molecule has 7 nitrogen and oxygen atoms in total. The Bertz CT molecular complexity index is 1660. The Balaban J connectivity index is 1.26. The van der Waals surface area contributed by atoms with E-state index in [4.69, 9.17) is 37.4 Å². The SMILES string of the molecule is COc1ccc(-c2nc3cc(NC(=S)NC(=O)c4ccc(-c5ccc(C)c(C)c5)o4)ccc3o2)cc1Cl. The first-order valence-electron chi connectivity index (χ1n) is 11.3. The van der Waals surface area contributed by atoms with Gasteiger partial charge < -0.3 is 18.9 Å². The fraction of sp³-hybridized carbons (Fsp3) is 0.107. The number of amides is 1. The third-order valence-corrected chi connectivity index (χ3v) is 6.39. The highest BCUT2D eigenvalue weighted by Gasteiger charge is 2.15. The Morgan fingerprint density at radius 1 is 0.946 bits per heavy atom. The van der Waals surface area contributed by atoms with Gasteiger partial charge in [0.05, 0.1) is 12.1 Å². The summed E-state index contributed by atoms with van der Waals surface area (Å²) < 4.78 is 16.8. The van der Waals surface area contributed by atoms with Gasteiger partial charge in [0.2, 0.25) is 5.89 Å². The van der Waals surface area contributed by atoms with Crippen LogP contribution < -0.4 is 15.4 Å². The Morgan fingerprint density at radius 3 is 2.51 bits per heavy atom. The molecule has 0 unspecified atom stereocenters. The summed E-state index contributed by atoms with van der Waals surface area (Å²) in [4.78, 5) is 17.2. The molecule has 0 saturated carbocycles. The van der Waals surface area contributed by atoms with E-state index in [1.807, 2.05) is 38.1 Å². The Morgan fingerprint density at radius 2 is 1.76 bits per heavy atom. The molecule has 0 fully saturated rings. The summed E-state index contributed by atoms with van der Waals surface area (Å²) in [6, 6.07) is 20.0. The van der Waals surface area contributed by atoms with Crippen LogP contribution in [0.2, 0.25) is 5.02 Å². The predicted octanol–water partition coefficient (Wildman–Crippen LogP) is 7.16. The molecule has 2 heterocycles. The topological polar surface area (TPSA) is 89.5 Å². The van der Waals surface area contributed by atoms with Crippen LogP contribution in [0.3, 0.4) is 0 Å². The zero-order valence-electron chi connectivity index (χ0n) is 20.2. The average Bonchev–Trinajstić information content (AvgIpc) is 3.53. The number of aromatic nitrogens is 1. The highest BCUT2D eigenvalue weighted by molar-refractivity contribution is 7.80. The zero-order valence-corrected chi connectivity index (χ0v) is 21.8. The highest BCUT2D eigenvalue weighted by atomic mass is 35.5. The van der Waals surface area contributed by atoms with Gasteiger partial charge >= 0.3 is 0 Å². The zero-order chi connectivity index (χ0) is 26.1. The van der Waals surface area contributed by atoms with Crippen LogP contribution in [-0.2, 0) is 0 Å². The number of carbonyl (C=O) groups excluding carboxylic acids is 1. The molecule has 0 aliphatic carbocycles. The third-order valence-electron chi connectivity index (χ3n) is 5.89. The fourth-order valence-electron chi connectivity index (χ4n) is 3.76. The van der Waals surface area contributed by atoms with E-state index in [1.165, 1.54) is 5.56 Å². The molecule has 3 aromatic carbocycles. The van der Waals surface area contributed by atoms with Gasteiger partial charge in [-0.25, -0.2) is 4.98 Å². The average molecular weight is 532 g/mol. The van der Waals surface area contributed by atoms with Crippen LogP contribution in [0.25, 0.3) is 33.9 Å². The van der Waals surface area contributed by atoms with Gasteiger partial charge in [0.25, 0.3) is 5.91 Å². The van der Waals surface area contributed by atoms with Gasteiger partial charge in [0.15, 0.2) is 16.5 Å². The molecule has 0 bridgehead atoms. The second-order valence-corrected chi connectivity index (χ2v) is 9.24. The fourth-order valence-corrected chi connectivity index (χ4v) is 4.23. The number of nitrogens with one attached hydrogen (secondary N) is 2. The number of anilines is 1. The molecule has 0 aliphatic heterocycles. The molecular formula is C28H22ClN3O4S. The van der Waals surface area contributed by atoms with Crippen LogP contribution in [0.4, 0.5) is 5.69 Å². The molecule has 0 radical (unpaired) electrons. The van der Waals surface area contributed by atoms with E-state index in [9.17, 15) is 4.79 Å². The van der Waals surface area contributed by atoms with E-state index in [2.05, 4.69) is 15.6 Å². The Kier molecular flexibility index (Phi) is 6.69. The van der Waals surface area contributed by atoms with Crippen molar-refractivity contribution in [2.75, 3.05) is 12.4 Å². The lowest BCUT2D eigenvalue weighted by atomic mass is 10.1. The van der Waals surface area contributed by atoms with Gasteiger partial charge in [-0.2, -0.15) is 0 Å². The van der Waals surface area contributed by atoms with Crippen molar-refractivity contribution >= 4 is 51.6 Å². The number of fused-ring (bicyclic) bond motifs is 1. The molecule has 0 atom stereocenters. The van der Waals surface area contributed by atoms with Crippen molar-refractivity contribution in [1.29, 1.82) is 0 Å². The number of rotatable bonds is 5. The summed E-state index contributed by atoms with van der Waals surface area (Å²) in [6.07, 6.45) is 0. The first kappa shape index (κ1) is 24.5. The van der Waals surface area contributed by atoms with E-state index in [0.717, 1.165) is 16.7 Å².